The molecule has 0 aromatic rings. The van der Waals surface area contributed by atoms with E-state index in [1.54, 1.807) is 6.92 Å². The molecule has 0 unspecified atom stereocenters. The van der Waals surface area contributed by atoms with Gasteiger partial charge in [-0.15, -0.1) is 10.1 Å². The van der Waals surface area contributed by atoms with Gasteiger partial charge in [-0.1, -0.05) is 32.6 Å². The molecule has 0 bridgehead atoms. The Labute approximate surface area is 73.0 Å². The Balaban J connectivity index is 3.19. The molecule has 0 saturated heterocycles. The molecule has 0 aliphatic heterocycles. The van der Waals surface area contributed by atoms with Gasteiger partial charge in [0.05, 0.1) is 0 Å². The van der Waals surface area contributed by atoms with Crippen LogP contribution in [0.1, 0.15) is 46.0 Å². The van der Waals surface area contributed by atoms with Crippen LogP contribution in [-0.2, 0) is 4.84 Å². The van der Waals surface area contributed by atoms with Gasteiger partial charge in [0.2, 0.25) is 0 Å². The smallest absolute Gasteiger partial charge is 0.294 e. The molecule has 1 atom stereocenters. The summed E-state index contributed by atoms with van der Waals surface area (Å²) < 4.78 is 0. The van der Waals surface area contributed by atoms with Crippen molar-refractivity contribution in [1.29, 1.82) is 0 Å². The first-order valence-corrected chi connectivity index (χ1v) is 4.48. The minimum atomic E-state index is -0.718. The van der Waals surface area contributed by atoms with Crippen LogP contribution in [0.5, 0.6) is 0 Å². The molecular weight excluding hydrogens is 158 g/mol. The van der Waals surface area contributed by atoms with Crippen LogP contribution in [0.4, 0.5) is 0 Å². The van der Waals surface area contributed by atoms with Crippen LogP contribution in [0.3, 0.4) is 0 Å². The van der Waals surface area contributed by atoms with Crippen molar-refractivity contribution in [3.05, 3.63) is 10.1 Å². The summed E-state index contributed by atoms with van der Waals surface area (Å²) >= 11 is 0. The highest BCUT2D eigenvalue weighted by Gasteiger charge is 2.05. The van der Waals surface area contributed by atoms with E-state index in [0.29, 0.717) is 0 Å². The Morgan fingerprint density at radius 2 is 2.08 bits per heavy atom. The lowest BCUT2D eigenvalue weighted by molar-refractivity contribution is -0.767. The van der Waals surface area contributed by atoms with Gasteiger partial charge in [0.1, 0.15) is 6.10 Å². The molecule has 0 radical (unpaired) electrons. The average molecular weight is 175 g/mol. The van der Waals surface area contributed by atoms with Crippen LogP contribution in [0.15, 0.2) is 0 Å². The molecule has 0 aliphatic rings. The Hall–Kier alpha value is -0.800. The summed E-state index contributed by atoms with van der Waals surface area (Å²) in [6, 6.07) is 0. The van der Waals surface area contributed by atoms with Gasteiger partial charge >= 0.3 is 0 Å². The van der Waals surface area contributed by atoms with Crippen molar-refractivity contribution in [3.8, 4) is 0 Å². The molecule has 4 nitrogen and oxygen atoms in total. The van der Waals surface area contributed by atoms with Crippen molar-refractivity contribution in [2.75, 3.05) is 0 Å². The van der Waals surface area contributed by atoms with Crippen molar-refractivity contribution in [2.24, 2.45) is 0 Å². The lowest BCUT2D eigenvalue weighted by Crippen LogP contribution is -2.12. The molecule has 12 heavy (non-hydrogen) atoms. The molecule has 0 saturated carbocycles. The van der Waals surface area contributed by atoms with Crippen molar-refractivity contribution in [2.45, 2.75) is 52.1 Å². The molecule has 0 aromatic carbocycles. The van der Waals surface area contributed by atoms with Crippen LogP contribution in [0.25, 0.3) is 0 Å². The van der Waals surface area contributed by atoms with E-state index in [1.807, 2.05) is 0 Å². The predicted molar refractivity (Wildman–Crippen MR) is 46.3 cm³/mol. The zero-order chi connectivity index (χ0) is 9.40. The maximum atomic E-state index is 9.88. The van der Waals surface area contributed by atoms with E-state index in [2.05, 4.69) is 11.8 Å². The van der Waals surface area contributed by atoms with Gasteiger partial charge in [-0.3, -0.25) is 0 Å². The summed E-state index contributed by atoms with van der Waals surface area (Å²) in [6.45, 7) is 3.87. The summed E-state index contributed by atoms with van der Waals surface area (Å²) in [5.41, 5.74) is 0. The molecule has 72 valence electrons. The third-order valence-corrected chi connectivity index (χ3v) is 1.73. The van der Waals surface area contributed by atoms with Crippen LogP contribution in [0, 0.1) is 10.1 Å². The van der Waals surface area contributed by atoms with Crippen molar-refractivity contribution in [1.82, 2.24) is 0 Å². The molecular formula is C8H17NO3. The molecule has 0 aromatic heterocycles. The third kappa shape index (κ3) is 7.31. The average Bonchev–Trinajstić information content (AvgIpc) is 1.97. The van der Waals surface area contributed by atoms with Gasteiger partial charge in [-0.2, -0.15) is 0 Å². The quantitative estimate of drug-likeness (QED) is 0.339. The Kier molecular flexibility index (Phi) is 6.42. The number of hydrogen-bond donors (Lipinski definition) is 0. The number of nitrogens with zero attached hydrogens (tertiary/aromatic N) is 1. The molecule has 0 amide bonds. The second kappa shape index (κ2) is 6.88. The van der Waals surface area contributed by atoms with Gasteiger partial charge in [-0.25, -0.2) is 0 Å². The molecule has 0 aliphatic carbocycles. The standard InChI is InChI=1S/C8H17NO3/c1-3-4-5-6-7-8(2)12-9(10)11/h8H,3-7H2,1-2H3/t8-/m0/s1. The second-order valence-electron chi connectivity index (χ2n) is 2.99. The van der Waals surface area contributed by atoms with E-state index in [1.165, 1.54) is 12.8 Å². The lowest BCUT2D eigenvalue weighted by atomic mass is 10.1. The molecule has 0 rings (SSSR count). The fourth-order valence-corrected chi connectivity index (χ4v) is 1.06. The Morgan fingerprint density at radius 1 is 1.42 bits per heavy atom. The highest BCUT2D eigenvalue weighted by Crippen LogP contribution is 2.07. The predicted octanol–water partition coefficient (Wildman–Crippen LogP) is 2.55. The zero-order valence-electron chi connectivity index (χ0n) is 7.78. The van der Waals surface area contributed by atoms with E-state index in [4.69, 9.17) is 0 Å². The maximum Gasteiger partial charge on any atom is 0.294 e. The number of hydrogen-bond acceptors (Lipinski definition) is 3. The van der Waals surface area contributed by atoms with Crippen LogP contribution >= 0.6 is 0 Å². The zero-order valence-corrected chi connectivity index (χ0v) is 7.78. The number of rotatable bonds is 7. The normalized spacial score (nSPS) is 12.5. The Bertz CT molecular complexity index is 127. The molecule has 0 fully saturated rings. The Morgan fingerprint density at radius 3 is 2.58 bits per heavy atom. The second-order valence-corrected chi connectivity index (χ2v) is 2.99. The van der Waals surface area contributed by atoms with Gasteiger partial charge in [-0.05, 0) is 13.3 Å². The summed E-state index contributed by atoms with van der Waals surface area (Å²) in [4.78, 5) is 14.2. The first-order valence-electron chi connectivity index (χ1n) is 4.48. The van der Waals surface area contributed by atoms with Gasteiger partial charge in [0.25, 0.3) is 5.09 Å². The summed E-state index contributed by atoms with van der Waals surface area (Å²) in [7, 11) is 0. The van der Waals surface area contributed by atoms with Crippen LogP contribution in [-0.4, -0.2) is 11.2 Å². The summed E-state index contributed by atoms with van der Waals surface area (Å²) in [5, 5.41) is 9.16. The minimum absolute atomic E-state index is 0.253. The van der Waals surface area contributed by atoms with Crippen molar-refractivity contribution in [3.63, 3.8) is 0 Å². The third-order valence-electron chi connectivity index (χ3n) is 1.73. The van der Waals surface area contributed by atoms with E-state index in [-0.39, 0.29) is 6.10 Å². The fraction of sp³-hybridized carbons (Fsp3) is 1.00. The molecule has 4 heteroatoms. The first kappa shape index (κ1) is 11.2. The van der Waals surface area contributed by atoms with Gasteiger partial charge < -0.3 is 4.84 Å². The van der Waals surface area contributed by atoms with Crippen molar-refractivity contribution < 1.29 is 9.92 Å². The fourth-order valence-electron chi connectivity index (χ4n) is 1.06. The highest BCUT2D eigenvalue weighted by atomic mass is 17.0. The van der Waals surface area contributed by atoms with E-state index >= 15 is 0 Å². The first-order chi connectivity index (χ1) is 5.66. The molecule has 0 heterocycles. The number of unbranched alkanes of at least 4 members (excludes halogenated alkanes) is 3. The molecule has 0 N–H and O–H groups in total. The minimum Gasteiger partial charge on any atom is -0.311 e. The monoisotopic (exact) mass is 175 g/mol. The lowest BCUT2D eigenvalue weighted by Gasteiger charge is -2.07. The van der Waals surface area contributed by atoms with Gasteiger partial charge in [0, 0.05) is 0 Å². The van der Waals surface area contributed by atoms with Crippen LogP contribution < -0.4 is 0 Å². The van der Waals surface area contributed by atoms with Crippen LogP contribution in [0.2, 0.25) is 0 Å². The highest BCUT2D eigenvalue weighted by molar-refractivity contribution is 4.48. The SMILES string of the molecule is CCCCCC[C@H](C)O[N+](=O)[O-]. The van der Waals surface area contributed by atoms with Gasteiger partial charge in [0.15, 0.2) is 0 Å². The van der Waals surface area contributed by atoms with E-state index in [0.717, 1.165) is 19.3 Å². The summed E-state index contributed by atoms with van der Waals surface area (Å²) in [5.74, 6) is 0. The van der Waals surface area contributed by atoms with E-state index in [9.17, 15) is 10.1 Å². The topological polar surface area (TPSA) is 52.4 Å². The molecule has 0 spiro atoms. The van der Waals surface area contributed by atoms with Crippen molar-refractivity contribution >= 4 is 0 Å². The maximum absolute atomic E-state index is 9.88. The largest absolute Gasteiger partial charge is 0.311 e. The van der Waals surface area contributed by atoms with E-state index < -0.39 is 5.09 Å². The summed E-state index contributed by atoms with van der Waals surface area (Å²) in [6.07, 6.45) is 5.07.